The van der Waals surface area contributed by atoms with E-state index < -0.39 is 11.8 Å². The molecule has 2 aromatic rings. The van der Waals surface area contributed by atoms with E-state index in [-0.39, 0.29) is 11.6 Å². The van der Waals surface area contributed by atoms with Crippen molar-refractivity contribution in [1.82, 2.24) is 0 Å². The summed E-state index contributed by atoms with van der Waals surface area (Å²) in [4.78, 5) is 10.8. The van der Waals surface area contributed by atoms with E-state index in [4.69, 9.17) is 5.11 Å². The van der Waals surface area contributed by atoms with Crippen LogP contribution in [0.1, 0.15) is 29.3 Å². The second-order valence-corrected chi connectivity index (χ2v) is 5.07. The number of rotatable bonds is 6. The molecule has 4 heteroatoms. The molecule has 0 amide bonds. The van der Waals surface area contributed by atoms with Crippen molar-refractivity contribution in [2.24, 2.45) is 0 Å². The first kappa shape index (κ1) is 15.0. The van der Waals surface area contributed by atoms with Crippen LogP contribution in [-0.2, 0) is 6.42 Å². The number of carboxylic acids is 1. The Morgan fingerprint density at radius 2 is 1.95 bits per heavy atom. The zero-order valence-electron chi connectivity index (χ0n) is 11.8. The highest BCUT2D eigenvalue weighted by Crippen LogP contribution is 2.18. The standard InChI is InChI=1S/C17H18FNO2/c1-12(7-8-13-5-3-2-4-6-13)19-16-10-9-14(17(20)21)11-15(16)18/h2-6,9-12,19H,7-8H2,1H3,(H,20,21). The summed E-state index contributed by atoms with van der Waals surface area (Å²) in [6, 6.07) is 14.1. The van der Waals surface area contributed by atoms with Gasteiger partial charge in [-0.2, -0.15) is 0 Å². The molecule has 110 valence electrons. The van der Waals surface area contributed by atoms with Crippen LogP contribution in [0.4, 0.5) is 10.1 Å². The third-order valence-corrected chi connectivity index (χ3v) is 3.33. The number of nitrogens with one attached hydrogen (secondary N) is 1. The van der Waals surface area contributed by atoms with Crippen molar-refractivity contribution in [3.8, 4) is 0 Å². The van der Waals surface area contributed by atoms with Crippen LogP contribution in [0.3, 0.4) is 0 Å². The van der Waals surface area contributed by atoms with Gasteiger partial charge in [0.2, 0.25) is 0 Å². The van der Waals surface area contributed by atoms with Crippen molar-refractivity contribution >= 4 is 11.7 Å². The smallest absolute Gasteiger partial charge is 0.335 e. The maximum atomic E-state index is 13.8. The van der Waals surface area contributed by atoms with Gasteiger partial charge in [-0.05, 0) is 43.5 Å². The fourth-order valence-corrected chi connectivity index (χ4v) is 2.13. The molecule has 0 aromatic heterocycles. The molecule has 0 fully saturated rings. The summed E-state index contributed by atoms with van der Waals surface area (Å²) in [6.07, 6.45) is 1.77. The normalized spacial score (nSPS) is 11.9. The average molecular weight is 287 g/mol. The van der Waals surface area contributed by atoms with Gasteiger partial charge in [-0.15, -0.1) is 0 Å². The van der Waals surface area contributed by atoms with Gasteiger partial charge in [0, 0.05) is 6.04 Å². The van der Waals surface area contributed by atoms with Crippen LogP contribution in [0.15, 0.2) is 48.5 Å². The first-order valence-electron chi connectivity index (χ1n) is 6.89. The van der Waals surface area contributed by atoms with E-state index in [9.17, 15) is 9.18 Å². The monoisotopic (exact) mass is 287 g/mol. The van der Waals surface area contributed by atoms with E-state index in [1.54, 1.807) is 0 Å². The predicted octanol–water partition coefficient (Wildman–Crippen LogP) is 3.96. The van der Waals surface area contributed by atoms with E-state index in [0.717, 1.165) is 18.9 Å². The van der Waals surface area contributed by atoms with Gasteiger partial charge < -0.3 is 10.4 Å². The lowest BCUT2D eigenvalue weighted by atomic mass is 10.1. The molecule has 1 unspecified atom stereocenters. The third-order valence-electron chi connectivity index (χ3n) is 3.33. The SMILES string of the molecule is CC(CCc1ccccc1)Nc1ccc(C(=O)O)cc1F. The van der Waals surface area contributed by atoms with Gasteiger partial charge in [0.05, 0.1) is 11.3 Å². The van der Waals surface area contributed by atoms with Gasteiger partial charge in [-0.1, -0.05) is 30.3 Å². The number of hydrogen-bond donors (Lipinski definition) is 2. The molecule has 0 radical (unpaired) electrons. The Morgan fingerprint density at radius 3 is 2.57 bits per heavy atom. The maximum Gasteiger partial charge on any atom is 0.335 e. The number of hydrogen-bond acceptors (Lipinski definition) is 2. The van der Waals surface area contributed by atoms with Gasteiger partial charge in [-0.25, -0.2) is 9.18 Å². The molecule has 3 nitrogen and oxygen atoms in total. The number of halogens is 1. The molecule has 1 atom stereocenters. The summed E-state index contributed by atoms with van der Waals surface area (Å²) in [5.74, 6) is -1.67. The molecule has 2 aromatic carbocycles. The maximum absolute atomic E-state index is 13.8. The van der Waals surface area contributed by atoms with Crippen LogP contribution >= 0.6 is 0 Å². The molecule has 21 heavy (non-hydrogen) atoms. The largest absolute Gasteiger partial charge is 0.478 e. The summed E-state index contributed by atoms with van der Waals surface area (Å²) in [7, 11) is 0. The van der Waals surface area contributed by atoms with E-state index in [1.165, 1.54) is 17.7 Å². The highest BCUT2D eigenvalue weighted by molar-refractivity contribution is 5.88. The summed E-state index contributed by atoms with van der Waals surface area (Å²) >= 11 is 0. The van der Waals surface area contributed by atoms with Crippen LogP contribution in [0, 0.1) is 5.82 Å². The fourth-order valence-electron chi connectivity index (χ4n) is 2.13. The van der Waals surface area contributed by atoms with E-state index >= 15 is 0 Å². The number of aryl methyl sites for hydroxylation is 1. The van der Waals surface area contributed by atoms with E-state index in [0.29, 0.717) is 5.69 Å². The first-order chi connectivity index (χ1) is 10.1. The molecule has 0 bridgehead atoms. The molecule has 0 saturated heterocycles. The average Bonchev–Trinajstić information content (AvgIpc) is 2.48. The fraction of sp³-hybridized carbons (Fsp3) is 0.235. The lowest BCUT2D eigenvalue weighted by Crippen LogP contribution is -2.17. The Kier molecular flexibility index (Phi) is 4.93. The van der Waals surface area contributed by atoms with Crippen molar-refractivity contribution in [2.75, 3.05) is 5.32 Å². The quantitative estimate of drug-likeness (QED) is 0.845. The second kappa shape index (κ2) is 6.88. The van der Waals surface area contributed by atoms with Gasteiger partial charge in [0.15, 0.2) is 0 Å². The van der Waals surface area contributed by atoms with Crippen LogP contribution < -0.4 is 5.32 Å². The summed E-state index contributed by atoms with van der Waals surface area (Å²) in [6.45, 7) is 1.98. The van der Waals surface area contributed by atoms with E-state index in [1.807, 2.05) is 25.1 Å². The topological polar surface area (TPSA) is 49.3 Å². The minimum Gasteiger partial charge on any atom is -0.478 e. The van der Waals surface area contributed by atoms with Crippen molar-refractivity contribution in [1.29, 1.82) is 0 Å². The highest BCUT2D eigenvalue weighted by atomic mass is 19.1. The van der Waals surface area contributed by atoms with Crippen molar-refractivity contribution in [3.05, 3.63) is 65.5 Å². The molecule has 0 aliphatic carbocycles. The summed E-state index contributed by atoms with van der Waals surface area (Å²) in [5, 5.41) is 11.9. The number of aromatic carboxylic acids is 1. The van der Waals surface area contributed by atoms with Crippen LogP contribution in [-0.4, -0.2) is 17.1 Å². The number of carbonyl (C=O) groups is 1. The van der Waals surface area contributed by atoms with Crippen LogP contribution in [0.2, 0.25) is 0 Å². The lowest BCUT2D eigenvalue weighted by molar-refractivity contribution is 0.0696. The molecule has 0 heterocycles. The Hall–Kier alpha value is -2.36. The van der Waals surface area contributed by atoms with Gasteiger partial charge >= 0.3 is 5.97 Å². The summed E-state index contributed by atoms with van der Waals surface area (Å²) in [5.41, 5.74) is 1.53. The van der Waals surface area contributed by atoms with E-state index in [2.05, 4.69) is 17.4 Å². The van der Waals surface area contributed by atoms with Gasteiger partial charge in [0.25, 0.3) is 0 Å². The third kappa shape index (κ3) is 4.31. The molecule has 0 aliphatic heterocycles. The molecule has 0 aliphatic rings. The van der Waals surface area contributed by atoms with Crippen molar-refractivity contribution in [2.45, 2.75) is 25.8 Å². The first-order valence-corrected chi connectivity index (χ1v) is 6.89. The van der Waals surface area contributed by atoms with Gasteiger partial charge in [-0.3, -0.25) is 0 Å². The molecule has 2 N–H and O–H groups in total. The molecule has 2 rings (SSSR count). The Bertz CT molecular complexity index is 613. The zero-order chi connectivity index (χ0) is 15.2. The van der Waals surface area contributed by atoms with Crippen molar-refractivity contribution in [3.63, 3.8) is 0 Å². The molecule has 0 spiro atoms. The molecular weight excluding hydrogens is 269 g/mol. The Labute approximate surface area is 123 Å². The highest BCUT2D eigenvalue weighted by Gasteiger charge is 2.10. The van der Waals surface area contributed by atoms with Crippen LogP contribution in [0.5, 0.6) is 0 Å². The lowest BCUT2D eigenvalue weighted by Gasteiger charge is -2.16. The van der Waals surface area contributed by atoms with Gasteiger partial charge in [0.1, 0.15) is 5.82 Å². The number of benzene rings is 2. The Balaban J connectivity index is 1.93. The minimum atomic E-state index is -1.13. The van der Waals surface area contributed by atoms with Crippen molar-refractivity contribution < 1.29 is 14.3 Å². The molecule has 0 saturated carbocycles. The number of anilines is 1. The predicted molar refractivity (Wildman–Crippen MR) is 81.2 cm³/mol. The Morgan fingerprint density at radius 1 is 1.24 bits per heavy atom. The summed E-state index contributed by atoms with van der Waals surface area (Å²) < 4.78 is 13.8. The van der Waals surface area contributed by atoms with Crippen LogP contribution in [0.25, 0.3) is 0 Å². The molecular formula is C17H18FNO2. The zero-order valence-corrected chi connectivity index (χ0v) is 11.8. The number of carboxylic acid groups (broad SMARTS) is 1. The second-order valence-electron chi connectivity index (χ2n) is 5.07. The minimum absolute atomic E-state index is 0.0463.